The number of halogens is 1. The zero-order chi connectivity index (χ0) is 18.8. The fourth-order valence-corrected chi connectivity index (χ4v) is 3.74. The second-order valence-corrected chi connectivity index (χ2v) is 7.08. The molecule has 1 aliphatic heterocycles. The molecule has 1 aliphatic rings. The molecule has 5 nitrogen and oxygen atoms in total. The van der Waals surface area contributed by atoms with Crippen LogP contribution in [0.25, 0.3) is 11.3 Å². The van der Waals surface area contributed by atoms with Gasteiger partial charge in [-0.15, -0.1) is 0 Å². The van der Waals surface area contributed by atoms with E-state index in [0.29, 0.717) is 23.7 Å². The predicted octanol–water partition coefficient (Wildman–Crippen LogP) is 3.86. The van der Waals surface area contributed by atoms with E-state index in [1.165, 1.54) is 6.07 Å². The van der Waals surface area contributed by atoms with Gasteiger partial charge in [0, 0.05) is 18.5 Å². The number of aromatic amines is 1. The number of benzene rings is 1. The molecule has 3 aromatic rings. The molecule has 27 heavy (non-hydrogen) atoms. The molecule has 0 radical (unpaired) electrons. The Kier molecular flexibility index (Phi) is 4.90. The quantitative estimate of drug-likeness (QED) is 0.761. The lowest BCUT2D eigenvalue weighted by molar-refractivity contribution is 0.185. The van der Waals surface area contributed by atoms with Crippen molar-refractivity contribution in [2.24, 2.45) is 0 Å². The number of hydrogen-bond acceptors (Lipinski definition) is 4. The van der Waals surface area contributed by atoms with Gasteiger partial charge in [-0.2, -0.15) is 0 Å². The highest BCUT2D eigenvalue weighted by Crippen LogP contribution is 2.28. The molecule has 1 unspecified atom stereocenters. The van der Waals surface area contributed by atoms with Gasteiger partial charge in [0.1, 0.15) is 23.2 Å². The zero-order valence-corrected chi connectivity index (χ0v) is 15.2. The average molecular weight is 367 g/mol. The van der Waals surface area contributed by atoms with Gasteiger partial charge in [0.05, 0.1) is 17.8 Å². The van der Waals surface area contributed by atoms with E-state index in [4.69, 9.17) is 4.42 Å². The van der Waals surface area contributed by atoms with Crippen molar-refractivity contribution >= 4 is 0 Å². The Morgan fingerprint density at radius 3 is 2.96 bits per heavy atom. The van der Waals surface area contributed by atoms with Crippen LogP contribution < -0.4 is 5.56 Å². The van der Waals surface area contributed by atoms with Crippen molar-refractivity contribution in [3.63, 3.8) is 0 Å². The number of piperidine rings is 1. The van der Waals surface area contributed by atoms with Crippen LogP contribution in [0.1, 0.15) is 36.0 Å². The fourth-order valence-electron chi connectivity index (χ4n) is 3.74. The van der Waals surface area contributed by atoms with E-state index in [9.17, 15) is 9.18 Å². The third kappa shape index (κ3) is 4.01. The van der Waals surface area contributed by atoms with Crippen LogP contribution >= 0.6 is 0 Å². The molecule has 1 aromatic carbocycles. The number of H-pyrrole nitrogens is 1. The van der Waals surface area contributed by atoms with Crippen molar-refractivity contribution in [1.82, 2.24) is 14.9 Å². The van der Waals surface area contributed by atoms with Crippen LogP contribution in [-0.4, -0.2) is 28.0 Å². The SMILES string of the molecule is Cc1nc(C2CCCN(Cc3ccc(-c4ccccc4F)o3)C2)cc(=O)[nH]1. The number of nitrogens with zero attached hydrogens (tertiary/aromatic N) is 2. The second-order valence-electron chi connectivity index (χ2n) is 7.08. The summed E-state index contributed by atoms with van der Waals surface area (Å²) in [5.74, 6) is 1.95. The van der Waals surface area contributed by atoms with Crippen molar-refractivity contribution in [1.29, 1.82) is 0 Å². The van der Waals surface area contributed by atoms with E-state index in [-0.39, 0.29) is 17.3 Å². The summed E-state index contributed by atoms with van der Waals surface area (Å²) in [6, 6.07) is 11.9. The van der Waals surface area contributed by atoms with E-state index < -0.39 is 0 Å². The van der Waals surface area contributed by atoms with E-state index in [1.54, 1.807) is 31.2 Å². The molecule has 0 bridgehead atoms. The maximum atomic E-state index is 13.9. The molecule has 1 saturated heterocycles. The summed E-state index contributed by atoms with van der Waals surface area (Å²) in [6.45, 7) is 4.26. The number of aryl methyl sites for hydroxylation is 1. The lowest BCUT2D eigenvalue weighted by Gasteiger charge is -2.31. The Bertz CT molecular complexity index is 995. The van der Waals surface area contributed by atoms with Crippen molar-refractivity contribution in [2.75, 3.05) is 13.1 Å². The average Bonchev–Trinajstić information content (AvgIpc) is 3.10. The van der Waals surface area contributed by atoms with Crippen molar-refractivity contribution < 1.29 is 8.81 Å². The lowest BCUT2D eigenvalue weighted by atomic mass is 9.94. The predicted molar refractivity (Wildman–Crippen MR) is 101 cm³/mol. The van der Waals surface area contributed by atoms with Gasteiger partial charge < -0.3 is 9.40 Å². The lowest BCUT2D eigenvalue weighted by Crippen LogP contribution is -2.34. The Morgan fingerprint density at radius 1 is 1.30 bits per heavy atom. The van der Waals surface area contributed by atoms with Crippen molar-refractivity contribution in [3.8, 4) is 11.3 Å². The summed E-state index contributed by atoms with van der Waals surface area (Å²) in [5.41, 5.74) is 1.23. The summed E-state index contributed by atoms with van der Waals surface area (Å²) in [7, 11) is 0. The number of aromatic nitrogens is 2. The molecule has 0 amide bonds. The molecule has 0 spiro atoms. The summed E-state index contributed by atoms with van der Waals surface area (Å²) in [6.07, 6.45) is 2.06. The molecule has 1 N–H and O–H groups in total. The largest absolute Gasteiger partial charge is 0.460 e. The first-order valence-electron chi connectivity index (χ1n) is 9.22. The molecule has 0 aliphatic carbocycles. The van der Waals surface area contributed by atoms with Crippen LogP contribution in [0.5, 0.6) is 0 Å². The van der Waals surface area contributed by atoms with Crippen molar-refractivity contribution in [2.45, 2.75) is 32.2 Å². The first-order chi connectivity index (χ1) is 13.1. The molecule has 0 saturated carbocycles. The van der Waals surface area contributed by atoms with Gasteiger partial charge in [-0.05, 0) is 50.6 Å². The van der Waals surface area contributed by atoms with Crippen LogP contribution in [-0.2, 0) is 6.54 Å². The smallest absolute Gasteiger partial charge is 0.251 e. The molecule has 1 atom stereocenters. The minimum absolute atomic E-state index is 0.102. The Hall–Kier alpha value is -2.73. The van der Waals surface area contributed by atoms with Gasteiger partial charge >= 0.3 is 0 Å². The maximum absolute atomic E-state index is 13.9. The zero-order valence-electron chi connectivity index (χ0n) is 15.2. The summed E-state index contributed by atoms with van der Waals surface area (Å²) in [4.78, 5) is 21.2. The van der Waals surface area contributed by atoms with Gasteiger partial charge in [0.2, 0.25) is 0 Å². The third-order valence-electron chi connectivity index (χ3n) is 4.98. The second kappa shape index (κ2) is 7.48. The standard InChI is InChI=1S/C21H22FN3O2/c1-14-23-19(11-21(26)24-14)15-5-4-10-25(12-15)13-16-8-9-20(27-16)17-6-2-3-7-18(17)22/h2-3,6-9,11,15H,4-5,10,12-13H2,1H3,(H,23,24,26). The Morgan fingerprint density at radius 2 is 2.15 bits per heavy atom. The van der Waals surface area contributed by atoms with Crippen LogP contribution in [0, 0.1) is 12.7 Å². The summed E-state index contributed by atoms with van der Waals surface area (Å²) < 4.78 is 19.8. The summed E-state index contributed by atoms with van der Waals surface area (Å²) >= 11 is 0. The molecule has 6 heteroatoms. The van der Waals surface area contributed by atoms with Gasteiger partial charge in [-0.1, -0.05) is 12.1 Å². The minimum atomic E-state index is -0.285. The number of hydrogen-bond donors (Lipinski definition) is 1. The number of furan rings is 1. The highest BCUT2D eigenvalue weighted by atomic mass is 19.1. The topological polar surface area (TPSA) is 62.1 Å². The molecular weight excluding hydrogens is 345 g/mol. The fraction of sp³-hybridized carbons (Fsp3) is 0.333. The normalized spacial score (nSPS) is 17.9. The van der Waals surface area contributed by atoms with Gasteiger partial charge in [-0.25, -0.2) is 9.37 Å². The van der Waals surface area contributed by atoms with Crippen LogP contribution in [0.15, 0.2) is 51.7 Å². The van der Waals surface area contributed by atoms with Gasteiger partial charge in [-0.3, -0.25) is 9.69 Å². The van der Waals surface area contributed by atoms with Gasteiger partial charge in [0.25, 0.3) is 5.56 Å². The first-order valence-corrected chi connectivity index (χ1v) is 9.22. The van der Waals surface area contributed by atoms with E-state index in [2.05, 4.69) is 14.9 Å². The maximum Gasteiger partial charge on any atom is 0.251 e. The van der Waals surface area contributed by atoms with Crippen LogP contribution in [0.2, 0.25) is 0 Å². The number of nitrogens with one attached hydrogen (secondary N) is 1. The monoisotopic (exact) mass is 367 g/mol. The van der Waals surface area contributed by atoms with E-state index >= 15 is 0 Å². The molecular formula is C21H22FN3O2. The summed E-state index contributed by atoms with van der Waals surface area (Å²) in [5, 5.41) is 0. The van der Waals surface area contributed by atoms with Crippen LogP contribution in [0.3, 0.4) is 0 Å². The van der Waals surface area contributed by atoms with E-state index in [0.717, 1.165) is 37.4 Å². The molecule has 3 heterocycles. The molecule has 4 rings (SSSR count). The highest BCUT2D eigenvalue weighted by molar-refractivity contribution is 5.58. The molecule has 2 aromatic heterocycles. The highest BCUT2D eigenvalue weighted by Gasteiger charge is 2.24. The Labute approximate surface area is 156 Å². The first kappa shape index (κ1) is 17.7. The van der Waals surface area contributed by atoms with Gasteiger partial charge in [0.15, 0.2) is 0 Å². The third-order valence-corrected chi connectivity index (χ3v) is 4.98. The Balaban J connectivity index is 1.47. The van der Waals surface area contributed by atoms with Crippen molar-refractivity contribution in [3.05, 3.63) is 75.9 Å². The number of rotatable bonds is 4. The van der Waals surface area contributed by atoms with E-state index in [1.807, 2.05) is 12.1 Å². The van der Waals surface area contributed by atoms with Crippen LogP contribution in [0.4, 0.5) is 4.39 Å². The molecule has 1 fully saturated rings. The molecule has 140 valence electrons. The number of likely N-dealkylation sites (tertiary alicyclic amines) is 1. The minimum Gasteiger partial charge on any atom is -0.460 e.